The van der Waals surface area contributed by atoms with E-state index in [0.29, 0.717) is 5.15 Å². The van der Waals surface area contributed by atoms with Gasteiger partial charge in [0.15, 0.2) is 5.11 Å². The summed E-state index contributed by atoms with van der Waals surface area (Å²) in [5, 5.41) is 5.72. The fourth-order valence-electron chi connectivity index (χ4n) is 2.35. The Hall–Kier alpha value is -2.37. The van der Waals surface area contributed by atoms with Crippen LogP contribution in [-0.2, 0) is 0 Å². The molecule has 1 heterocycles. The number of benzene rings is 2. The van der Waals surface area contributed by atoms with E-state index >= 15 is 0 Å². The monoisotopic (exact) mass is 328 g/mol. The molecule has 0 saturated carbocycles. The number of fused-ring (bicyclic) bond motifs is 1. The number of nitrogens with zero attached hydrogens (tertiary/aromatic N) is 2. The van der Waals surface area contributed by atoms with E-state index in [1.807, 2.05) is 59.2 Å². The Morgan fingerprint density at radius 3 is 2.55 bits per heavy atom. The molecule has 0 radical (unpaired) electrons. The van der Waals surface area contributed by atoms with Crippen molar-refractivity contribution in [1.29, 1.82) is 0 Å². The van der Waals surface area contributed by atoms with Gasteiger partial charge in [-0.15, -0.1) is 0 Å². The van der Waals surface area contributed by atoms with Crippen molar-refractivity contribution in [3.8, 4) is 5.69 Å². The van der Waals surface area contributed by atoms with Crippen LogP contribution >= 0.6 is 23.8 Å². The molecule has 3 N–H and O–H groups in total. The number of rotatable bonds is 3. The van der Waals surface area contributed by atoms with Gasteiger partial charge in [0.2, 0.25) is 0 Å². The number of para-hydroxylation sites is 2. The van der Waals surface area contributed by atoms with Gasteiger partial charge in [0.1, 0.15) is 5.15 Å². The fourth-order valence-corrected chi connectivity index (χ4v) is 2.74. The van der Waals surface area contributed by atoms with Crippen LogP contribution in [0.1, 0.15) is 5.56 Å². The average molecular weight is 329 g/mol. The topological polar surface area (TPSA) is 55.3 Å². The van der Waals surface area contributed by atoms with Crippen molar-refractivity contribution in [2.45, 2.75) is 0 Å². The van der Waals surface area contributed by atoms with Gasteiger partial charge in [0.25, 0.3) is 0 Å². The van der Waals surface area contributed by atoms with Gasteiger partial charge in [0, 0.05) is 16.6 Å². The number of hydrogen-bond donors (Lipinski definition) is 2. The first-order chi connectivity index (χ1) is 10.7. The van der Waals surface area contributed by atoms with Gasteiger partial charge in [-0.25, -0.2) is 0 Å². The summed E-state index contributed by atoms with van der Waals surface area (Å²) in [5.41, 5.74) is 10.7. The lowest BCUT2D eigenvalue weighted by molar-refractivity contribution is 1.04. The van der Waals surface area contributed by atoms with Gasteiger partial charge >= 0.3 is 0 Å². The Morgan fingerprint density at radius 2 is 1.82 bits per heavy atom. The van der Waals surface area contributed by atoms with Crippen LogP contribution in [0.5, 0.6) is 0 Å². The summed E-state index contributed by atoms with van der Waals surface area (Å²) in [4.78, 5) is 0. The molecule has 0 aliphatic heterocycles. The Kier molecular flexibility index (Phi) is 4.09. The maximum absolute atomic E-state index is 6.58. The van der Waals surface area contributed by atoms with Crippen molar-refractivity contribution in [2.24, 2.45) is 10.8 Å². The van der Waals surface area contributed by atoms with Crippen LogP contribution in [0, 0.1) is 0 Å². The average Bonchev–Trinajstić information content (AvgIpc) is 2.80. The second-order valence-electron chi connectivity index (χ2n) is 4.63. The molecule has 4 nitrogen and oxygen atoms in total. The predicted molar refractivity (Wildman–Crippen MR) is 95.8 cm³/mol. The highest BCUT2D eigenvalue weighted by Crippen LogP contribution is 2.31. The van der Waals surface area contributed by atoms with Crippen LogP contribution in [0.4, 0.5) is 0 Å². The van der Waals surface area contributed by atoms with Gasteiger partial charge < -0.3 is 5.73 Å². The van der Waals surface area contributed by atoms with E-state index in [9.17, 15) is 0 Å². The summed E-state index contributed by atoms with van der Waals surface area (Å²) in [7, 11) is 0. The molecule has 0 unspecified atom stereocenters. The minimum absolute atomic E-state index is 0.110. The normalized spacial score (nSPS) is 11.1. The zero-order chi connectivity index (χ0) is 15.5. The number of nitrogens with two attached hydrogens (primary N) is 1. The molecule has 110 valence electrons. The van der Waals surface area contributed by atoms with E-state index < -0.39 is 0 Å². The van der Waals surface area contributed by atoms with E-state index in [4.69, 9.17) is 29.6 Å². The molecule has 0 spiro atoms. The molecular weight excluding hydrogens is 316 g/mol. The maximum Gasteiger partial charge on any atom is 0.184 e. The van der Waals surface area contributed by atoms with Gasteiger partial charge in [-0.05, 0) is 30.4 Å². The lowest BCUT2D eigenvalue weighted by atomic mass is 10.2. The SMILES string of the molecule is NC(=S)N/N=C/c1c(Cl)n(-c2ccccc2)c2ccccc12. The maximum atomic E-state index is 6.58. The Labute approximate surface area is 138 Å². The van der Waals surface area contributed by atoms with E-state index in [-0.39, 0.29) is 5.11 Å². The van der Waals surface area contributed by atoms with Crippen molar-refractivity contribution in [1.82, 2.24) is 9.99 Å². The quantitative estimate of drug-likeness (QED) is 0.440. The summed E-state index contributed by atoms with van der Waals surface area (Å²) in [6.07, 6.45) is 1.63. The Balaban J connectivity index is 2.20. The fraction of sp³-hybridized carbons (Fsp3) is 0. The molecule has 22 heavy (non-hydrogen) atoms. The first-order valence-electron chi connectivity index (χ1n) is 6.61. The summed E-state index contributed by atoms with van der Waals surface area (Å²) in [6.45, 7) is 0. The third-order valence-corrected chi connectivity index (χ3v) is 3.70. The molecule has 2 aromatic carbocycles. The van der Waals surface area contributed by atoms with E-state index in [1.165, 1.54) is 0 Å². The van der Waals surface area contributed by atoms with Gasteiger partial charge in [-0.1, -0.05) is 48.0 Å². The molecular formula is C16H13ClN4S. The molecule has 3 rings (SSSR count). The van der Waals surface area contributed by atoms with E-state index in [1.54, 1.807) is 6.21 Å². The number of nitrogens with one attached hydrogen (secondary N) is 1. The van der Waals surface area contributed by atoms with Gasteiger partial charge in [0.05, 0.1) is 11.7 Å². The smallest absolute Gasteiger partial charge is 0.184 e. The third-order valence-electron chi connectivity index (χ3n) is 3.24. The van der Waals surface area contributed by atoms with Crippen LogP contribution in [0.2, 0.25) is 5.15 Å². The first-order valence-corrected chi connectivity index (χ1v) is 7.40. The van der Waals surface area contributed by atoms with E-state index in [2.05, 4.69) is 10.5 Å². The Morgan fingerprint density at radius 1 is 1.14 bits per heavy atom. The molecule has 0 atom stereocenters. The van der Waals surface area contributed by atoms with Crippen molar-refractivity contribution in [3.63, 3.8) is 0 Å². The molecule has 6 heteroatoms. The number of aromatic nitrogens is 1. The molecule has 0 bridgehead atoms. The number of hydrazone groups is 1. The van der Waals surface area contributed by atoms with Crippen molar-refractivity contribution < 1.29 is 0 Å². The van der Waals surface area contributed by atoms with Crippen LogP contribution in [0.3, 0.4) is 0 Å². The lowest BCUT2D eigenvalue weighted by Crippen LogP contribution is -2.24. The van der Waals surface area contributed by atoms with Crippen molar-refractivity contribution >= 4 is 46.0 Å². The van der Waals surface area contributed by atoms with Crippen molar-refractivity contribution in [2.75, 3.05) is 0 Å². The molecule has 3 aromatic rings. The van der Waals surface area contributed by atoms with E-state index in [0.717, 1.165) is 22.2 Å². The van der Waals surface area contributed by atoms with Crippen LogP contribution in [-0.4, -0.2) is 15.9 Å². The number of hydrogen-bond acceptors (Lipinski definition) is 2. The highest BCUT2D eigenvalue weighted by Gasteiger charge is 2.15. The highest BCUT2D eigenvalue weighted by atomic mass is 35.5. The summed E-state index contributed by atoms with van der Waals surface area (Å²) >= 11 is 11.3. The summed E-state index contributed by atoms with van der Waals surface area (Å²) in [5.74, 6) is 0. The second-order valence-corrected chi connectivity index (χ2v) is 5.42. The molecule has 0 aliphatic rings. The summed E-state index contributed by atoms with van der Waals surface area (Å²) < 4.78 is 1.99. The first kappa shape index (κ1) is 14.6. The molecule has 0 fully saturated rings. The number of halogens is 1. The molecule has 0 aliphatic carbocycles. The molecule has 0 saturated heterocycles. The van der Waals surface area contributed by atoms with Crippen LogP contribution in [0.25, 0.3) is 16.6 Å². The van der Waals surface area contributed by atoms with Crippen LogP contribution < -0.4 is 11.2 Å². The second kappa shape index (κ2) is 6.17. The predicted octanol–water partition coefficient (Wildman–Crippen LogP) is 3.45. The largest absolute Gasteiger partial charge is 0.375 e. The van der Waals surface area contributed by atoms with Gasteiger partial charge in [-0.3, -0.25) is 9.99 Å². The standard InChI is InChI=1S/C16H13ClN4S/c17-15-13(10-19-20-16(18)22)12-8-4-5-9-14(12)21(15)11-6-2-1-3-7-11/h1-10H,(H3,18,20,22)/b19-10+. The van der Waals surface area contributed by atoms with Crippen molar-refractivity contribution in [3.05, 3.63) is 65.3 Å². The molecule has 0 amide bonds. The minimum Gasteiger partial charge on any atom is -0.375 e. The third kappa shape index (κ3) is 2.68. The zero-order valence-corrected chi connectivity index (χ0v) is 13.1. The van der Waals surface area contributed by atoms with Gasteiger partial charge in [-0.2, -0.15) is 5.10 Å². The lowest BCUT2D eigenvalue weighted by Gasteiger charge is -2.06. The zero-order valence-electron chi connectivity index (χ0n) is 11.5. The minimum atomic E-state index is 0.110. The van der Waals surface area contributed by atoms with Crippen LogP contribution in [0.15, 0.2) is 59.7 Å². The number of thiocarbonyl (C=S) groups is 1. The molecule has 1 aromatic heterocycles. The Bertz CT molecular complexity index is 855. The highest BCUT2D eigenvalue weighted by molar-refractivity contribution is 7.80. The summed E-state index contributed by atoms with van der Waals surface area (Å²) in [6, 6.07) is 17.9.